The molecule has 2 heterocycles. The molecule has 1 aromatic carbocycles. The highest BCUT2D eigenvalue weighted by Gasteiger charge is 2.50. The lowest BCUT2D eigenvalue weighted by Gasteiger charge is -2.34. The average molecular weight is 414 g/mol. The molecule has 164 valence electrons. The van der Waals surface area contributed by atoms with E-state index in [0.29, 0.717) is 29.9 Å². The molecule has 0 radical (unpaired) electrons. The summed E-state index contributed by atoms with van der Waals surface area (Å²) in [5.74, 6) is 0.505. The summed E-state index contributed by atoms with van der Waals surface area (Å²) in [5.41, 5.74) is 3.38. The van der Waals surface area contributed by atoms with E-state index < -0.39 is 23.9 Å². The van der Waals surface area contributed by atoms with E-state index >= 15 is 0 Å². The van der Waals surface area contributed by atoms with Gasteiger partial charge in [0.25, 0.3) is 0 Å². The molecule has 5 nitrogen and oxygen atoms in total. The molecule has 0 aliphatic carbocycles. The number of allylic oxidation sites excluding steroid dienone is 4. The maximum absolute atomic E-state index is 12.7. The number of ether oxygens (including phenoxy) is 1. The topological polar surface area (TPSA) is 77.2 Å². The van der Waals surface area contributed by atoms with E-state index in [-0.39, 0.29) is 5.06 Å². The first-order valence-corrected chi connectivity index (χ1v) is 10.9. The van der Waals surface area contributed by atoms with Crippen molar-refractivity contribution < 1.29 is 20.0 Å². The Kier molecular flexibility index (Phi) is 6.88. The Morgan fingerprint density at radius 1 is 1.20 bits per heavy atom. The van der Waals surface area contributed by atoms with E-state index in [9.17, 15) is 15.4 Å². The van der Waals surface area contributed by atoms with Crippen LogP contribution in [0.2, 0.25) is 0 Å². The number of fused-ring (bicyclic) bond motifs is 2. The van der Waals surface area contributed by atoms with Gasteiger partial charge in [-0.2, -0.15) is 0 Å². The molecule has 0 saturated heterocycles. The minimum Gasteiger partial charge on any atom is -0.628 e. The van der Waals surface area contributed by atoms with E-state index in [2.05, 4.69) is 32.9 Å². The number of hydroxylamine groups is 1. The van der Waals surface area contributed by atoms with Crippen LogP contribution in [0.1, 0.15) is 65.9 Å². The molecule has 3 N–H and O–H groups in total. The van der Waals surface area contributed by atoms with Crippen LogP contribution < -0.4 is 5.06 Å². The van der Waals surface area contributed by atoms with Crippen molar-refractivity contribution in [1.29, 1.82) is 0 Å². The molecule has 0 spiro atoms. The summed E-state index contributed by atoms with van der Waals surface area (Å²) in [5, 5.41) is 34.9. The zero-order valence-corrected chi connectivity index (χ0v) is 18.7. The molecule has 0 bridgehead atoms. The highest BCUT2D eigenvalue weighted by Crippen LogP contribution is 2.43. The number of rotatable bonds is 7. The van der Waals surface area contributed by atoms with Crippen LogP contribution in [0.5, 0.6) is 0 Å². The summed E-state index contributed by atoms with van der Waals surface area (Å²) in [6.07, 6.45) is 5.83. The first-order valence-electron chi connectivity index (χ1n) is 10.9. The summed E-state index contributed by atoms with van der Waals surface area (Å²) in [4.78, 5) is 0. The van der Waals surface area contributed by atoms with E-state index in [4.69, 9.17) is 4.74 Å². The van der Waals surface area contributed by atoms with Crippen molar-refractivity contribution in [2.75, 3.05) is 0 Å². The number of aliphatic hydroxyl groups is 2. The molecule has 5 atom stereocenters. The van der Waals surface area contributed by atoms with Gasteiger partial charge < -0.3 is 25.2 Å². The zero-order valence-electron chi connectivity index (χ0n) is 18.7. The number of benzene rings is 1. The lowest BCUT2D eigenvalue weighted by atomic mass is 9.85. The Bertz CT molecular complexity index is 864. The van der Waals surface area contributed by atoms with Gasteiger partial charge in [-0.25, -0.2) is 0 Å². The minimum atomic E-state index is -1.22. The van der Waals surface area contributed by atoms with E-state index in [1.165, 1.54) is 11.1 Å². The van der Waals surface area contributed by atoms with Crippen LogP contribution in [0.4, 0.5) is 5.69 Å². The Balaban J connectivity index is 1.70. The lowest BCUT2D eigenvalue weighted by Crippen LogP contribution is -3.07. The summed E-state index contributed by atoms with van der Waals surface area (Å²) >= 11 is 0. The van der Waals surface area contributed by atoms with Crippen molar-refractivity contribution in [2.24, 2.45) is 0 Å². The molecule has 5 unspecified atom stereocenters. The van der Waals surface area contributed by atoms with E-state index in [0.717, 1.165) is 18.4 Å². The fourth-order valence-electron chi connectivity index (χ4n) is 4.39. The molecule has 3 rings (SSSR count). The summed E-state index contributed by atoms with van der Waals surface area (Å²) in [7, 11) is 0. The van der Waals surface area contributed by atoms with Gasteiger partial charge in [0.2, 0.25) is 0 Å². The van der Waals surface area contributed by atoms with Gasteiger partial charge in [0.15, 0.2) is 11.9 Å². The number of quaternary nitrogens is 1. The number of hydrogen-bond acceptors (Lipinski definition) is 4. The predicted molar refractivity (Wildman–Crippen MR) is 120 cm³/mol. The number of aliphatic hydroxyl groups excluding tert-OH is 1. The van der Waals surface area contributed by atoms with Gasteiger partial charge in [-0.15, -0.1) is 0 Å². The van der Waals surface area contributed by atoms with Crippen LogP contribution in [-0.4, -0.2) is 34.1 Å². The second-order valence-electron chi connectivity index (χ2n) is 9.16. The Labute approximate surface area is 179 Å². The van der Waals surface area contributed by atoms with Crippen LogP contribution >= 0.6 is 0 Å². The standard InChI is InChI=1S/C25H35NO4/c1-16(2)10-8-11-17(3)12-9-15-25(5,28)24-22(27)21-19-13-6-7-14-20(19)26(29)18(4)23(21)30-24/h6-7,10,12-14,18,22,24,26-28H,8-9,11,15H2,1-5H3. The van der Waals surface area contributed by atoms with Gasteiger partial charge in [-0.1, -0.05) is 35.4 Å². The molecule has 1 aromatic rings. The van der Waals surface area contributed by atoms with Crippen LogP contribution in [0.15, 0.2) is 53.3 Å². The highest BCUT2D eigenvalue weighted by molar-refractivity contribution is 5.80. The summed E-state index contributed by atoms with van der Waals surface area (Å²) in [6, 6.07) is 6.86. The summed E-state index contributed by atoms with van der Waals surface area (Å²) < 4.78 is 6.06. The Hall–Kier alpha value is -1.92. The molecule has 5 heteroatoms. The van der Waals surface area contributed by atoms with Gasteiger partial charge in [0.05, 0.1) is 0 Å². The van der Waals surface area contributed by atoms with Gasteiger partial charge in [-0.05, 0) is 66.4 Å². The lowest BCUT2D eigenvalue weighted by molar-refractivity contribution is -0.800. The van der Waals surface area contributed by atoms with E-state index in [1.807, 2.05) is 18.2 Å². The molecule has 0 fully saturated rings. The Morgan fingerprint density at radius 3 is 2.60 bits per heavy atom. The van der Waals surface area contributed by atoms with Crippen molar-refractivity contribution in [2.45, 2.75) is 84.2 Å². The average Bonchev–Trinajstić information content (AvgIpc) is 3.04. The Morgan fingerprint density at radius 2 is 1.90 bits per heavy atom. The fourth-order valence-corrected chi connectivity index (χ4v) is 4.39. The molecule has 0 saturated carbocycles. The van der Waals surface area contributed by atoms with E-state index in [1.54, 1.807) is 19.9 Å². The third-order valence-corrected chi connectivity index (χ3v) is 6.22. The maximum atomic E-state index is 12.7. The van der Waals surface area contributed by atoms with Gasteiger partial charge in [0, 0.05) is 17.2 Å². The van der Waals surface area contributed by atoms with Gasteiger partial charge in [0.1, 0.15) is 23.4 Å². The molecule has 2 aliphatic heterocycles. The first kappa shape index (κ1) is 22.8. The zero-order chi connectivity index (χ0) is 22.1. The SMILES string of the molecule is CC(C)=CCCC(C)=CCCC(C)(O)C1OC2=C(c3ccccc3[NH+]([O-])C2C)C1O. The fraction of sp³-hybridized carbons (Fsp3) is 0.520. The van der Waals surface area contributed by atoms with Crippen LogP contribution in [-0.2, 0) is 4.74 Å². The molecule has 0 aromatic heterocycles. The van der Waals surface area contributed by atoms with Gasteiger partial charge >= 0.3 is 0 Å². The van der Waals surface area contributed by atoms with Crippen molar-refractivity contribution in [3.8, 4) is 0 Å². The summed E-state index contributed by atoms with van der Waals surface area (Å²) in [6.45, 7) is 9.83. The monoisotopic (exact) mass is 413 g/mol. The first-order chi connectivity index (χ1) is 14.1. The molecule has 2 aliphatic rings. The van der Waals surface area contributed by atoms with Crippen LogP contribution in [0, 0.1) is 5.21 Å². The molecular weight excluding hydrogens is 378 g/mol. The van der Waals surface area contributed by atoms with Gasteiger partial charge in [-0.3, -0.25) is 0 Å². The number of nitrogens with one attached hydrogen (secondary N) is 1. The normalized spacial score (nSPS) is 27.8. The third-order valence-electron chi connectivity index (χ3n) is 6.22. The van der Waals surface area contributed by atoms with Crippen molar-refractivity contribution >= 4 is 11.3 Å². The number of hydrogen-bond donors (Lipinski definition) is 3. The number of para-hydroxylation sites is 1. The predicted octanol–water partition coefficient (Wildman–Crippen LogP) is 3.80. The van der Waals surface area contributed by atoms with Crippen molar-refractivity contribution in [3.63, 3.8) is 0 Å². The molecular formula is C25H35NO4. The highest BCUT2D eigenvalue weighted by atomic mass is 16.5. The van der Waals surface area contributed by atoms with Crippen molar-refractivity contribution in [3.05, 3.63) is 64.1 Å². The second-order valence-corrected chi connectivity index (χ2v) is 9.16. The smallest absolute Gasteiger partial charge is 0.161 e. The van der Waals surface area contributed by atoms with Crippen molar-refractivity contribution in [1.82, 2.24) is 0 Å². The second kappa shape index (κ2) is 9.06. The van der Waals surface area contributed by atoms with Crippen LogP contribution in [0.25, 0.3) is 5.57 Å². The third kappa shape index (κ3) is 4.54. The molecule has 30 heavy (non-hydrogen) atoms. The maximum Gasteiger partial charge on any atom is 0.161 e. The minimum absolute atomic E-state index is 0.00762. The van der Waals surface area contributed by atoms with Crippen LogP contribution in [0.3, 0.4) is 0 Å². The quantitative estimate of drug-likeness (QED) is 0.469. The molecule has 0 amide bonds. The largest absolute Gasteiger partial charge is 0.628 e.